The summed E-state index contributed by atoms with van der Waals surface area (Å²) in [6.45, 7) is 1.03. The van der Waals surface area contributed by atoms with Gasteiger partial charge < -0.3 is 11.1 Å². The van der Waals surface area contributed by atoms with E-state index in [4.69, 9.17) is 5.73 Å². The van der Waals surface area contributed by atoms with E-state index < -0.39 is 0 Å². The molecule has 68 valence electrons. The maximum absolute atomic E-state index is 11.1. The summed E-state index contributed by atoms with van der Waals surface area (Å²) in [6.07, 6.45) is 1.09. The van der Waals surface area contributed by atoms with Crippen LogP contribution < -0.4 is 11.1 Å². The molecule has 2 rings (SSSR count). The summed E-state index contributed by atoms with van der Waals surface area (Å²) in [7, 11) is 0. The summed E-state index contributed by atoms with van der Waals surface area (Å²) in [5.74, 6) is -0.343. The second-order valence-corrected chi connectivity index (χ2v) is 3.25. The summed E-state index contributed by atoms with van der Waals surface area (Å²) in [4.78, 5) is 11.1. The minimum atomic E-state index is -0.343. The Kier molecular flexibility index (Phi) is 2.02. The Morgan fingerprint density at radius 3 is 2.69 bits per heavy atom. The molecule has 1 heterocycles. The zero-order chi connectivity index (χ0) is 9.26. The van der Waals surface area contributed by atoms with Crippen LogP contribution in [0.1, 0.15) is 28.4 Å². The predicted octanol–water partition coefficient (Wildman–Crippen LogP) is 0.820. The van der Waals surface area contributed by atoms with Gasteiger partial charge in [0.25, 0.3) is 0 Å². The highest BCUT2D eigenvalue weighted by Gasteiger charge is 2.22. The summed E-state index contributed by atoms with van der Waals surface area (Å²) < 4.78 is 0. The third-order valence-corrected chi connectivity index (χ3v) is 2.43. The predicted molar refractivity (Wildman–Crippen MR) is 50.3 cm³/mol. The van der Waals surface area contributed by atoms with Gasteiger partial charge in [0.2, 0.25) is 5.91 Å². The van der Waals surface area contributed by atoms with E-state index in [0.29, 0.717) is 11.6 Å². The van der Waals surface area contributed by atoms with Crippen LogP contribution in [0.5, 0.6) is 0 Å². The normalized spacial score (nSPS) is 20.8. The van der Waals surface area contributed by atoms with E-state index in [0.717, 1.165) is 18.5 Å². The van der Waals surface area contributed by atoms with Crippen molar-refractivity contribution in [2.75, 3.05) is 6.54 Å². The molecule has 1 fully saturated rings. The van der Waals surface area contributed by atoms with Crippen LogP contribution >= 0.6 is 0 Å². The Balaban J connectivity index is 2.36. The lowest BCUT2D eigenvalue weighted by Gasteiger charge is -2.29. The van der Waals surface area contributed by atoms with Crippen molar-refractivity contribution in [3.8, 4) is 0 Å². The zero-order valence-corrected chi connectivity index (χ0v) is 7.29. The summed E-state index contributed by atoms with van der Waals surface area (Å²) in [5.41, 5.74) is 6.93. The van der Waals surface area contributed by atoms with Crippen molar-refractivity contribution in [1.82, 2.24) is 5.32 Å². The molecular weight excluding hydrogens is 164 g/mol. The van der Waals surface area contributed by atoms with Crippen molar-refractivity contribution in [1.29, 1.82) is 0 Å². The van der Waals surface area contributed by atoms with Gasteiger partial charge in [-0.05, 0) is 24.6 Å². The number of hydrogen-bond acceptors (Lipinski definition) is 2. The van der Waals surface area contributed by atoms with Gasteiger partial charge >= 0.3 is 0 Å². The fourth-order valence-electron chi connectivity index (χ4n) is 1.58. The van der Waals surface area contributed by atoms with Crippen molar-refractivity contribution in [3.05, 3.63) is 35.4 Å². The zero-order valence-electron chi connectivity index (χ0n) is 7.29. The lowest BCUT2D eigenvalue weighted by atomic mass is 9.93. The van der Waals surface area contributed by atoms with Gasteiger partial charge in [-0.1, -0.05) is 18.2 Å². The molecule has 0 radical (unpaired) electrons. The van der Waals surface area contributed by atoms with Crippen LogP contribution in [0.25, 0.3) is 0 Å². The van der Waals surface area contributed by atoms with Crippen LogP contribution in [-0.4, -0.2) is 12.5 Å². The smallest absolute Gasteiger partial charge is 0.249 e. The number of carbonyl (C=O) groups excluding carboxylic acids is 1. The van der Waals surface area contributed by atoms with Crippen LogP contribution in [0, 0.1) is 0 Å². The van der Waals surface area contributed by atoms with E-state index in [2.05, 4.69) is 5.32 Å². The summed E-state index contributed by atoms with van der Waals surface area (Å²) >= 11 is 0. The fraction of sp³-hybridized carbons (Fsp3) is 0.300. The van der Waals surface area contributed by atoms with Gasteiger partial charge in [-0.25, -0.2) is 0 Å². The number of nitrogens with one attached hydrogen (secondary N) is 1. The molecule has 1 aromatic carbocycles. The van der Waals surface area contributed by atoms with E-state index in [1.54, 1.807) is 6.07 Å². The Morgan fingerprint density at radius 1 is 1.46 bits per heavy atom. The standard InChI is InChI=1S/C10H12N2O/c11-10(13)8-4-2-1-3-7(8)9-5-6-12-9/h1-4,9,12H,5-6H2,(H2,11,13). The number of hydrogen-bond donors (Lipinski definition) is 2. The third kappa shape index (κ3) is 1.42. The van der Waals surface area contributed by atoms with Crippen LogP contribution in [0.4, 0.5) is 0 Å². The van der Waals surface area contributed by atoms with Crippen LogP contribution in [0.2, 0.25) is 0 Å². The first-order valence-electron chi connectivity index (χ1n) is 4.41. The monoisotopic (exact) mass is 176 g/mol. The number of amides is 1. The molecule has 3 N–H and O–H groups in total. The van der Waals surface area contributed by atoms with Crippen LogP contribution in [0.15, 0.2) is 24.3 Å². The van der Waals surface area contributed by atoms with E-state index in [1.165, 1.54) is 0 Å². The molecule has 0 bridgehead atoms. The number of benzene rings is 1. The van der Waals surface area contributed by atoms with Gasteiger partial charge in [0.1, 0.15) is 0 Å². The first-order chi connectivity index (χ1) is 6.29. The Bertz CT molecular complexity index is 331. The number of nitrogens with two attached hydrogens (primary N) is 1. The maximum atomic E-state index is 11.1. The highest BCUT2D eigenvalue weighted by Crippen LogP contribution is 2.25. The molecule has 3 heteroatoms. The van der Waals surface area contributed by atoms with E-state index >= 15 is 0 Å². The maximum Gasteiger partial charge on any atom is 0.249 e. The first kappa shape index (κ1) is 8.26. The minimum Gasteiger partial charge on any atom is -0.366 e. The van der Waals surface area contributed by atoms with Crippen molar-refractivity contribution in [2.24, 2.45) is 5.73 Å². The molecule has 0 saturated carbocycles. The average Bonchev–Trinajstić information content (AvgIpc) is 2.02. The fourth-order valence-corrected chi connectivity index (χ4v) is 1.58. The summed E-state index contributed by atoms with van der Waals surface area (Å²) in [5, 5.41) is 3.25. The second kappa shape index (κ2) is 3.18. The van der Waals surface area contributed by atoms with Crippen molar-refractivity contribution in [2.45, 2.75) is 12.5 Å². The van der Waals surface area contributed by atoms with E-state index in [9.17, 15) is 4.79 Å². The molecule has 1 unspecified atom stereocenters. The molecule has 0 aromatic heterocycles. The van der Waals surface area contributed by atoms with E-state index in [1.807, 2.05) is 18.2 Å². The lowest BCUT2D eigenvalue weighted by Crippen LogP contribution is -2.36. The molecule has 1 amide bonds. The van der Waals surface area contributed by atoms with Gasteiger partial charge in [-0.15, -0.1) is 0 Å². The van der Waals surface area contributed by atoms with Gasteiger partial charge in [0.05, 0.1) is 0 Å². The Labute approximate surface area is 76.9 Å². The molecule has 1 aliphatic heterocycles. The Morgan fingerprint density at radius 2 is 2.15 bits per heavy atom. The Hall–Kier alpha value is -1.35. The average molecular weight is 176 g/mol. The lowest BCUT2D eigenvalue weighted by molar-refractivity contribution is 0.0998. The molecule has 0 aliphatic carbocycles. The molecular formula is C10H12N2O. The largest absolute Gasteiger partial charge is 0.366 e. The van der Waals surface area contributed by atoms with Crippen LogP contribution in [-0.2, 0) is 0 Å². The van der Waals surface area contributed by atoms with Gasteiger partial charge in [-0.3, -0.25) is 4.79 Å². The molecule has 1 atom stereocenters. The third-order valence-electron chi connectivity index (χ3n) is 2.43. The molecule has 1 aromatic rings. The summed E-state index contributed by atoms with van der Waals surface area (Å²) in [6, 6.07) is 7.82. The van der Waals surface area contributed by atoms with Crippen molar-refractivity contribution >= 4 is 5.91 Å². The molecule has 0 spiro atoms. The molecule has 1 aliphatic rings. The number of primary amides is 1. The highest BCUT2D eigenvalue weighted by molar-refractivity contribution is 5.94. The first-order valence-corrected chi connectivity index (χ1v) is 4.41. The van der Waals surface area contributed by atoms with Gasteiger partial charge in [-0.2, -0.15) is 0 Å². The minimum absolute atomic E-state index is 0.323. The topological polar surface area (TPSA) is 55.1 Å². The van der Waals surface area contributed by atoms with Gasteiger partial charge in [0, 0.05) is 11.6 Å². The van der Waals surface area contributed by atoms with Gasteiger partial charge in [0.15, 0.2) is 0 Å². The van der Waals surface area contributed by atoms with E-state index in [-0.39, 0.29) is 5.91 Å². The van der Waals surface area contributed by atoms with Crippen molar-refractivity contribution in [3.63, 3.8) is 0 Å². The molecule has 3 nitrogen and oxygen atoms in total. The number of rotatable bonds is 2. The highest BCUT2D eigenvalue weighted by atomic mass is 16.1. The molecule has 1 saturated heterocycles. The number of carbonyl (C=O) groups is 1. The SMILES string of the molecule is NC(=O)c1ccccc1C1CCN1. The van der Waals surface area contributed by atoms with Crippen LogP contribution in [0.3, 0.4) is 0 Å². The molecule has 13 heavy (non-hydrogen) atoms. The second-order valence-electron chi connectivity index (χ2n) is 3.25. The van der Waals surface area contributed by atoms with Crippen molar-refractivity contribution < 1.29 is 4.79 Å². The quantitative estimate of drug-likeness (QED) is 0.701.